The number of methoxy groups -OCH3 is 1. The molecule has 1 amide bonds. The van der Waals surface area contributed by atoms with Gasteiger partial charge in [-0.2, -0.15) is 0 Å². The van der Waals surface area contributed by atoms with Gasteiger partial charge in [0.1, 0.15) is 17.1 Å². The van der Waals surface area contributed by atoms with E-state index in [0.29, 0.717) is 16.8 Å². The number of rotatable bonds is 14. The van der Waals surface area contributed by atoms with Gasteiger partial charge in [0.15, 0.2) is 0 Å². The molecule has 2 fully saturated rings. The number of H-pyrrole nitrogens is 1. The molecule has 0 unspecified atom stereocenters. The largest absolute Gasteiger partial charge is 0.455 e. The van der Waals surface area contributed by atoms with Crippen molar-refractivity contribution in [3.63, 3.8) is 0 Å². The highest BCUT2D eigenvalue weighted by atomic mass is 35.5. The number of carbonyl (C=O) groups excluding carboxylic acids is 1. The monoisotopic (exact) mass is 866 g/mol. The lowest BCUT2D eigenvalue weighted by Crippen LogP contribution is -2.47. The number of aliphatic imine (C=N–C) groups is 1. The summed E-state index contributed by atoms with van der Waals surface area (Å²) >= 11 is 6.27. The number of sulfonamides is 1. The van der Waals surface area contributed by atoms with Gasteiger partial charge in [-0.3, -0.25) is 24.8 Å². The molecule has 1 aliphatic heterocycles. The fraction of sp³-hybridized carbons (Fsp3) is 0.341. The first kappa shape index (κ1) is 41.9. The van der Waals surface area contributed by atoms with Gasteiger partial charge >= 0.3 is 0 Å². The second kappa shape index (κ2) is 17.7. The lowest BCUT2D eigenvalue weighted by atomic mass is 9.59. The third kappa shape index (κ3) is 9.27. The molecule has 17 heteroatoms. The van der Waals surface area contributed by atoms with Crippen molar-refractivity contribution in [1.29, 1.82) is 0 Å². The number of fused-ring (bicyclic) bond motifs is 1. The molecule has 61 heavy (non-hydrogen) atoms. The summed E-state index contributed by atoms with van der Waals surface area (Å²) < 4.78 is 40.6. The predicted octanol–water partition coefficient (Wildman–Crippen LogP) is 7.61. The molecule has 318 valence electrons. The summed E-state index contributed by atoms with van der Waals surface area (Å²) in [5.41, 5.74) is 11.3. The van der Waals surface area contributed by atoms with Crippen molar-refractivity contribution >= 4 is 67.4 Å². The van der Waals surface area contributed by atoms with Crippen LogP contribution in [0.25, 0.3) is 16.6 Å². The third-order valence-corrected chi connectivity index (χ3v) is 13.6. The van der Waals surface area contributed by atoms with Crippen LogP contribution in [-0.4, -0.2) is 93.3 Å². The number of pyridine rings is 1. The number of carbonyl (C=O) groups is 1. The number of nitrogens with two attached hydrogens (primary N) is 1. The van der Waals surface area contributed by atoms with E-state index >= 15 is 0 Å². The highest BCUT2D eigenvalue weighted by Crippen LogP contribution is 2.55. The average Bonchev–Trinajstić information content (AvgIpc) is 3.71. The van der Waals surface area contributed by atoms with E-state index in [1.165, 1.54) is 68.0 Å². The van der Waals surface area contributed by atoms with Gasteiger partial charge in [-0.15, -0.1) is 0 Å². The number of nitro groups is 1. The molecule has 8 rings (SSSR count). The van der Waals surface area contributed by atoms with E-state index in [1.807, 2.05) is 18.2 Å². The molecule has 3 aromatic carbocycles. The van der Waals surface area contributed by atoms with Crippen molar-refractivity contribution in [3.05, 3.63) is 117 Å². The minimum Gasteiger partial charge on any atom is -0.455 e. The number of piperazine rings is 1. The number of hydrogen-bond donors (Lipinski definition) is 3. The van der Waals surface area contributed by atoms with Gasteiger partial charge in [0.2, 0.25) is 0 Å². The molecule has 2 aliphatic carbocycles. The summed E-state index contributed by atoms with van der Waals surface area (Å²) in [5.74, 6) is -0.574. The van der Waals surface area contributed by atoms with Gasteiger partial charge in [-0.25, -0.2) is 18.1 Å². The van der Waals surface area contributed by atoms with Crippen LogP contribution in [0.4, 0.5) is 17.1 Å². The van der Waals surface area contributed by atoms with Crippen LogP contribution >= 0.6 is 11.6 Å². The van der Waals surface area contributed by atoms with Crippen molar-refractivity contribution < 1.29 is 27.6 Å². The number of ether oxygens (including phenoxy) is 2. The van der Waals surface area contributed by atoms with Gasteiger partial charge in [0.05, 0.1) is 40.3 Å². The maximum atomic E-state index is 13.9. The number of nitrogens with one attached hydrogen (secondary N) is 2. The van der Waals surface area contributed by atoms with E-state index in [0.717, 1.165) is 73.8 Å². The van der Waals surface area contributed by atoms with Crippen molar-refractivity contribution in [1.82, 2.24) is 19.6 Å². The molecule has 5 aromatic rings. The minimum absolute atomic E-state index is 0.0675. The molecule has 0 bridgehead atoms. The number of nitro benzene ring substituents is 1. The van der Waals surface area contributed by atoms with Crippen LogP contribution in [0, 0.1) is 15.5 Å². The summed E-state index contributed by atoms with van der Waals surface area (Å²) in [7, 11) is -3.18. The Kier molecular flexibility index (Phi) is 12.1. The topological polar surface area (TPSA) is 198 Å². The third-order valence-electron chi connectivity index (χ3n) is 12.0. The Morgan fingerprint density at radius 2 is 1.87 bits per heavy atom. The number of aromatic amines is 1. The van der Waals surface area contributed by atoms with Gasteiger partial charge < -0.3 is 25.1 Å². The molecule has 1 spiro atoms. The molecule has 1 saturated heterocycles. The normalized spacial score (nSPS) is 16.9. The van der Waals surface area contributed by atoms with E-state index in [4.69, 9.17) is 26.8 Å². The van der Waals surface area contributed by atoms with Crippen LogP contribution in [0.3, 0.4) is 0 Å². The fourth-order valence-electron chi connectivity index (χ4n) is 8.52. The first-order chi connectivity index (χ1) is 29.4. The molecule has 0 atom stereocenters. The Balaban J connectivity index is 1.02. The SMILES string of the molecule is COCCN=Cc1c(N)cc(S(=O)(=O)NC(=O)c2ccc(N3CCN(CC4=C(c5ccc(Cl)cc5)CC5(CCC5)CC4)CC3)cc2Oc2cnc3[nH]ccc3c2)cc1[N+](=O)[O-]. The molecule has 3 aliphatic rings. The lowest BCUT2D eigenvalue weighted by molar-refractivity contribution is -0.385. The van der Waals surface area contributed by atoms with Gasteiger partial charge in [-0.1, -0.05) is 35.7 Å². The summed E-state index contributed by atoms with van der Waals surface area (Å²) in [5, 5.41) is 13.5. The number of allylic oxidation sites excluding steroid dienone is 1. The molecule has 15 nitrogen and oxygen atoms in total. The molecule has 4 N–H and O–H groups in total. The summed E-state index contributed by atoms with van der Waals surface area (Å²) in [4.78, 5) is 40.8. The number of benzene rings is 3. The zero-order valence-electron chi connectivity index (χ0n) is 33.7. The van der Waals surface area contributed by atoms with E-state index in [1.54, 1.807) is 24.4 Å². The Morgan fingerprint density at radius 3 is 2.59 bits per heavy atom. The number of aromatic nitrogens is 2. The Labute approximate surface area is 358 Å². The number of amides is 1. The Bertz CT molecular complexity index is 2640. The standard InChI is InChI=1S/C44H47ClN8O7S/c1-59-20-15-47-27-38-39(46)23-35(24-40(38)53(55)56)61(57,58)50-43(54)36-8-7-33(22-41(36)60-34-21-30-10-14-48-42(30)49-26-34)52-18-16-51(17-19-52)28-31-9-13-44(11-2-12-44)25-37(31)29-3-5-32(45)6-4-29/h3-8,10,14,21-24,26-27H,2,9,11-13,15-20,25,28,46H2,1H3,(H,48,49)(H,50,54). The van der Waals surface area contributed by atoms with Crippen molar-refractivity contribution in [2.24, 2.45) is 10.4 Å². The fourth-order valence-corrected chi connectivity index (χ4v) is 9.67. The van der Waals surface area contributed by atoms with Crippen LogP contribution in [0.5, 0.6) is 11.5 Å². The Hall–Kier alpha value is -5.81. The number of nitrogens with zero attached hydrogens (tertiary/aromatic N) is 5. The number of anilines is 2. The second-order valence-corrected chi connectivity index (χ2v) is 18.0. The zero-order valence-corrected chi connectivity index (χ0v) is 35.3. The van der Waals surface area contributed by atoms with Crippen LogP contribution in [0.15, 0.2) is 94.6 Å². The van der Waals surface area contributed by atoms with Crippen molar-refractivity contribution in [2.45, 2.75) is 43.4 Å². The van der Waals surface area contributed by atoms with Gasteiger partial charge in [-0.05, 0) is 91.1 Å². The molecular weight excluding hydrogens is 820 g/mol. The molecule has 2 aromatic heterocycles. The highest BCUT2D eigenvalue weighted by molar-refractivity contribution is 7.90. The molecular formula is C44H47ClN8O7S. The van der Waals surface area contributed by atoms with Crippen molar-refractivity contribution in [3.8, 4) is 11.5 Å². The molecule has 0 radical (unpaired) electrons. The number of halogens is 1. The van der Waals surface area contributed by atoms with Crippen LogP contribution < -0.4 is 20.1 Å². The smallest absolute Gasteiger partial charge is 0.281 e. The number of hydrogen-bond acceptors (Lipinski definition) is 12. The quantitative estimate of drug-likeness (QED) is 0.0326. The maximum absolute atomic E-state index is 13.9. The first-order valence-electron chi connectivity index (χ1n) is 20.2. The predicted molar refractivity (Wildman–Crippen MR) is 236 cm³/mol. The summed E-state index contributed by atoms with van der Waals surface area (Å²) in [6.07, 6.45) is 11.8. The lowest BCUT2D eigenvalue weighted by Gasteiger charge is -2.47. The minimum atomic E-state index is -4.67. The molecule has 1 saturated carbocycles. The first-order valence-corrected chi connectivity index (χ1v) is 22.1. The maximum Gasteiger partial charge on any atom is 0.281 e. The zero-order chi connectivity index (χ0) is 42.7. The van der Waals surface area contributed by atoms with E-state index in [-0.39, 0.29) is 35.7 Å². The van der Waals surface area contributed by atoms with Gasteiger partial charge in [0.25, 0.3) is 21.6 Å². The van der Waals surface area contributed by atoms with E-state index in [9.17, 15) is 23.3 Å². The highest BCUT2D eigenvalue weighted by Gasteiger charge is 2.41. The van der Waals surface area contributed by atoms with Crippen LogP contribution in [0.1, 0.15) is 60.0 Å². The second-order valence-electron chi connectivity index (χ2n) is 15.9. The van der Waals surface area contributed by atoms with Gasteiger partial charge in [0, 0.05) is 86.2 Å². The summed E-state index contributed by atoms with van der Waals surface area (Å²) in [6.45, 7) is 4.46. The van der Waals surface area contributed by atoms with Crippen LogP contribution in [0.2, 0.25) is 5.02 Å². The summed E-state index contributed by atoms with van der Waals surface area (Å²) in [6, 6.07) is 18.8. The average molecular weight is 867 g/mol. The van der Waals surface area contributed by atoms with E-state index < -0.39 is 31.4 Å². The van der Waals surface area contributed by atoms with Crippen LogP contribution in [-0.2, 0) is 14.8 Å². The molecule has 3 heterocycles. The number of nitrogen functional groups attached to an aromatic ring is 1. The van der Waals surface area contributed by atoms with Crippen molar-refractivity contribution in [2.75, 3.05) is 63.6 Å². The Morgan fingerprint density at radius 1 is 1.08 bits per heavy atom. The van der Waals surface area contributed by atoms with E-state index in [2.05, 4.69) is 41.6 Å².